The number of benzene rings is 1. The molecule has 130 valence electrons. The Hall–Kier alpha value is -2.54. The van der Waals surface area contributed by atoms with E-state index in [2.05, 4.69) is 10.2 Å². The highest BCUT2D eigenvalue weighted by Gasteiger charge is 2.17. The van der Waals surface area contributed by atoms with Gasteiger partial charge in [-0.1, -0.05) is 42.1 Å². The van der Waals surface area contributed by atoms with E-state index in [1.165, 1.54) is 11.8 Å². The Balaban J connectivity index is 1.62. The number of carbonyl (C=O) groups is 1. The molecule has 7 heteroatoms. The molecule has 0 bridgehead atoms. The summed E-state index contributed by atoms with van der Waals surface area (Å²) in [7, 11) is 1.81. The first-order valence-corrected chi connectivity index (χ1v) is 9.05. The Labute approximate surface area is 150 Å². The SMILES string of the molecule is CCn1c(SCC(=O)N(C)Cc2ccccc2)nnc1-c1ccco1. The first kappa shape index (κ1) is 17.3. The normalized spacial score (nSPS) is 10.8. The molecule has 0 saturated carbocycles. The molecule has 3 rings (SSSR count). The Morgan fingerprint density at radius 2 is 2.00 bits per heavy atom. The number of nitrogens with zero attached hydrogens (tertiary/aromatic N) is 4. The predicted molar refractivity (Wildman–Crippen MR) is 97.0 cm³/mol. The third kappa shape index (κ3) is 4.11. The zero-order valence-electron chi connectivity index (χ0n) is 14.3. The van der Waals surface area contributed by atoms with Gasteiger partial charge in [-0.3, -0.25) is 9.36 Å². The van der Waals surface area contributed by atoms with E-state index in [1.807, 2.05) is 61.0 Å². The average molecular weight is 356 g/mol. The monoisotopic (exact) mass is 356 g/mol. The van der Waals surface area contributed by atoms with Crippen molar-refractivity contribution in [2.24, 2.45) is 0 Å². The fourth-order valence-corrected chi connectivity index (χ4v) is 3.39. The fourth-order valence-electron chi connectivity index (χ4n) is 2.45. The number of furan rings is 1. The lowest BCUT2D eigenvalue weighted by Gasteiger charge is -2.17. The molecule has 1 amide bonds. The number of rotatable bonds is 7. The second kappa shape index (κ2) is 8.02. The van der Waals surface area contributed by atoms with Crippen LogP contribution in [0.1, 0.15) is 12.5 Å². The van der Waals surface area contributed by atoms with Crippen molar-refractivity contribution in [2.75, 3.05) is 12.8 Å². The van der Waals surface area contributed by atoms with Gasteiger partial charge in [-0.05, 0) is 24.6 Å². The van der Waals surface area contributed by atoms with Crippen LogP contribution in [0.25, 0.3) is 11.6 Å². The molecule has 6 nitrogen and oxygen atoms in total. The summed E-state index contributed by atoms with van der Waals surface area (Å²) in [4.78, 5) is 14.1. The van der Waals surface area contributed by atoms with E-state index in [9.17, 15) is 4.79 Å². The molecule has 0 radical (unpaired) electrons. The van der Waals surface area contributed by atoms with Crippen LogP contribution in [-0.2, 0) is 17.9 Å². The lowest BCUT2D eigenvalue weighted by atomic mass is 10.2. The Kier molecular flexibility index (Phi) is 5.55. The van der Waals surface area contributed by atoms with Crippen LogP contribution in [0.5, 0.6) is 0 Å². The van der Waals surface area contributed by atoms with Crippen LogP contribution < -0.4 is 0 Å². The summed E-state index contributed by atoms with van der Waals surface area (Å²) in [6.45, 7) is 3.32. The van der Waals surface area contributed by atoms with Crippen molar-refractivity contribution in [1.29, 1.82) is 0 Å². The molecule has 0 fully saturated rings. The summed E-state index contributed by atoms with van der Waals surface area (Å²) in [5.74, 6) is 1.73. The predicted octanol–water partition coefficient (Wildman–Crippen LogP) is 3.31. The van der Waals surface area contributed by atoms with Crippen LogP contribution >= 0.6 is 11.8 Å². The van der Waals surface area contributed by atoms with Gasteiger partial charge in [0.2, 0.25) is 5.91 Å². The van der Waals surface area contributed by atoms with Crippen molar-refractivity contribution in [3.8, 4) is 11.6 Å². The van der Waals surface area contributed by atoms with Crippen molar-refractivity contribution in [3.05, 3.63) is 54.3 Å². The van der Waals surface area contributed by atoms with Crippen molar-refractivity contribution in [1.82, 2.24) is 19.7 Å². The highest BCUT2D eigenvalue weighted by molar-refractivity contribution is 7.99. The molecule has 0 aliphatic carbocycles. The maximum absolute atomic E-state index is 12.4. The van der Waals surface area contributed by atoms with E-state index in [0.717, 1.165) is 10.7 Å². The molecule has 2 aromatic heterocycles. The second-order valence-electron chi connectivity index (χ2n) is 5.55. The van der Waals surface area contributed by atoms with E-state index in [4.69, 9.17) is 4.42 Å². The third-order valence-corrected chi connectivity index (χ3v) is 4.74. The summed E-state index contributed by atoms with van der Waals surface area (Å²) < 4.78 is 7.35. The molecule has 25 heavy (non-hydrogen) atoms. The summed E-state index contributed by atoms with van der Waals surface area (Å²) in [6.07, 6.45) is 1.61. The van der Waals surface area contributed by atoms with Gasteiger partial charge in [0.15, 0.2) is 16.7 Å². The van der Waals surface area contributed by atoms with Gasteiger partial charge in [-0.2, -0.15) is 0 Å². The smallest absolute Gasteiger partial charge is 0.233 e. The Bertz CT molecular complexity index is 815. The lowest BCUT2D eigenvalue weighted by Crippen LogP contribution is -2.27. The molecule has 0 aliphatic heterocycles. The molecule has 0 saturated heterocycles. The van der Waals surface area contributed by atoms with Crippen LogP contribution in [0.2, 0.25) is 0 Å². The van der Waals surface area contributed by atoms with Gasteiger partial charge in [-0.15, -0.1) is 10.2 Å². The van der Waals surface area contributed by atoms with E-state index in [0.29, 0.717) is 30.4 Å². The highest BCUT2D eigenvalue weighted by Crippen LogP contribution is 2.24. The van der Waals surface area contributed by atoms with Crippen LogP contribution in [0.3, 0.4) is 0 Å². The van der Waals surface area contributed by atoms with Crippen molar-refractivity contribution in [2.45, 2.75) is 25.2 Å². The van der Waals surface area contributed by atoms with Gasteiger partial charge >= 0.3 is 0 Å². The molecule has 2 heterocycles. The summed E-state index contributed by atoms with van der Waals surface area (Å²) in [6, 6.07) is 13.6. The lowest BCUT2D eigenvalue weighted by molar-refractivity contribution is -0.127. The minimum absolute atomic E-state index is 0.0547. The topological polar surface area (TPSA) is 64.2 Å². The molecule has 0 aliphatic rings. The summed E-state index contributed by atoms with van der Waals surface area (Å²) >= 11 is 1.39. The molecular weight excluding hydrogens is 336 g/mol. The maximum Gasteiger partial charge on any atom is 0.233 e. The molecule has 3 aromatic rings. The van der Waals surface area contributed by atoms with Crippen molar-refractivity contribution < 1.29 is 9.21 Å². The Morgan fingerprint density at radius 3 is 2.68 bits per heavy atom. The molecule has 1 aromatic carbocycles. The zero-order chi connectivity index (χ0) is 17.6. The summed E-state index contributed by atoms with van der Waals surface area (Å²) in [5, 5.41) is 9.11. The van der Waals surface area contributed by atoms with Gasteiger partial charge in [-0.25, -0.2) is 0 Å². The number of aromatic nitrogens is 3. The molecule has 0 unspecified atom stereocenters. The second-order valence-corrected chi connectivity index (χ2v) is 6.49. The number of hydrogen-bond donors (Lipinski definition) is 0. The zero-order valence-corrected chi connectivity index (χ0v) is 15.1. The van der Waals surface area contributed by atoms with Gasteiger partial charge < -0.3 is 9.32 Å². The fraction of sp³-hybridized carbons (Fsp3) is 0.278. The largest absolute Gasteiger partial charge is 0.461 e. The average Bonchev–Trinajstić information content (AvgIpc) is 3.29. The molecule has 0 N–H and O–H groups in total. The standard InChI is InChI=1S/C18H20N4O2S/c1-3-22-17(15-10-7-11-24-15)19-20-18(22)25-13-16(23)21(2)12-14-8-5-4-6-9-14/h4-11H,3,12-13H2,1-2H3. The van der Waals surface area contributed by atoms with Gasteiger partial charge in [0.05, 0.1) is 12.0 Å². The van der Waals surface area contributed by atoms with Crippen molar-refractivity contribution in [3.63, 3.8) is 0 Å². The van der Waals surface area contributed by atoms with Crippen LogP contribution in [0.15, 0.2) is 58.3 Å². The maximum atomic E-state index is 12.4. The molecular formula is C18H20N4O2S. The Morgan fingerprint density at radius 1 is 1.20 bits per heavy atom. The quantitative estimate of drug-likeness (QED) is 0.608. The van der Waals surface area contributed by atoms with Crippen LogP contribution in [0, 0.1) is 0 Å². The van der Waals surface area contributed by atoms with Gasteiger partial charge in [0.25, 0.3) is 0 Å². The van der Waals surface area contributed by atoms with Crippen LogP contribution in [0.4, 0.5) is 0 Å². The van der Waals surface area contributed by atoms with E-state index < -0.39 is 0 Å². The van der Waals surface area contributed by atoms with E-state index in [-0.39, 0.29) is 5.91 Å². The number of hydrogen-bond acceptors (Lipinski definition) is 5. The van der Waals surface area contributed by atoms with Crippen molar-refractivity contribution >= 4 is 17.7 Å². The van der Waals surface area contributed by atoms with E-state index in [1.54, 1.807) is 11.2 Å². The third-order valence-electron chi connectivity index (χ3n) is 3.79. The minimum atomic E-state index is 0.0547. The molecule has 0 spiro atoms. The van der Waals surface area contributed by atoms with Gasteiger partial charge in [0, 0.05) is 20.1 Å². The van der Waals surface area contributed by atoms with Gasteiger partial charge in [0.1, 0.15) is 0 Å². The number of carbonyl (C=O) groups excluding carboxylic acids is 1. The molecule has 0 atom stereocenters. The first-order chi connectivity index (χ1) is 12.2. The highest BCUT2D eigenvalue weighted by atomic mass is 32.2. The summed E-state index contributed by atoms with van der Waals surface area (Å²) in [5.41, 5.74) is 1.11. The van der Waals surface area contributed by atoms with Crippen LogP contribution in [-0.4, -0.2) is 38.4 Å². The number of amides is 1. The number of thioether (sulfide) groups is 1. The van der Waals surface area contributed by atoms with E-state index >= 15 is 0 Å². The minimum Gasteiger partial charge on any atom is -0.461 e. The first-order valence-electron chi connectivity index (χ1n) is 8.06.